The molecule has 4 rings (SSSR count). The number of nitriles is 1. The van der Waals surface area contributed by atoms with E-state index in [4.69, 9.17) is 11.6 Å². The molecule has 3 aromatic rings. The largest absolute Gasteiger partial charge is 0.322 e. The zero-order valence-electron chi connectivity index (χ0n) is 15.1. The van der Waals surface area contributed by atoms with Crippen LogP contribution in [0.25, 0.3) is 5.52 Å². The zero-order valence-corrected chi connectivity index (χ0v) is 16.7. The number of aromatic nitrogens is 1. The Balaban J connectivity index is 1.48. The number of pyridine rings is 1. The Hall–Kier alpha value is -2.37. The van der Waals surface area contributed by atoms with E-state index in [1.54, 1.807) is 18.2 Å². The lowest BCUT2D eigenvalue weighted by atomic mass is 10.1. The van der Waals surface area contributed by atoms with Gasteiger partial charge >= 0.3 is 0 Å². The number of sulfonamides is 1. The Morgan fingerprint density at radius 1 is 1.04 bits per heavy atom. The van der Waals surface area contributed by atoms with Crippen molar-refractivity contribution < 1.29 is 8.42 Å². The fourth-order valence-electron chi connectivity index (χ4n) is 3.59. The first-order valence-electron chi connectivity index (χ1n) is 8.96. The Morgan fingerprint density at radius 2 is 1.75 bits per heavy atom. The van der Waals surface area contributed by atoms with Crippen LogP contribution in [0, 0.1) is 11.3 Å². The summed E-state index contributed by atoms with van der Waals surface area (Å²) in [6.07, 6.45) is 3.90. The Bertz CT molecular complexity index is 1160. The van der Waals surface area contributed by atoms with Crippen molar-refractivity contribution in [3.05, 3.63) is 71.0 Å². The molecule has 0 spiro atoms. The summed E-state index contributed by atoms with van der Waals surface area (Å²) in [5.74, 6) is 0. The van der Waals surface area contributed by atoms with Gasteiger partial charge in [-0.1, -0.05) is 29.8 Å². The van der Waals surface area contributed by atoms with Crippen molar-refractivity contribution in [3.63, 3.8) is 0 Å². The molecule has 1 saturated heterocycles. The average Bonchev–Trinajstić information content (AvgIpc) is 3.05. The highest BCUT2D eigenvalue weighted by Crippen LogP contribution is 2.26. The monoisotopic (exact) mass is 414 g/mol. The number of halogens is 1. The van der Waals surface area contributed by atoms with E-state index in [1.165, 1.54) is 10.4 Å². The number of piperazine rings is 1. The molecule has 6 nitrogen and oxygen atoms in total. The van der Waals surface area contributed by atoms with Crippen molar-refractivity contribution >= 4 is 27.1 Å². The van der Waals surface area contributed by atoms with E-state index in [0.29, 0.717) is 38.3 Å². The Labute approximate surface area is 169 Å². The lowest BCUT2D eigenvalue weighted by Gasteiger charge is -2.34. The second-order valence-electron chi connectivity index (χ2n) is 6.74. The summed E-state index contributed by atoms with van der Waals surface area (Å²) in [7, 11) is -3.60. The highest BCUT2D eigenvalue weighted by Gasteiger charge is 2.30. The number of rotatable bonds is 4. The minimum atomic E-state index is -3.60. The number of hydrogen-bond donors (Lipinski definition) is 0. The van der Waals surface area contributed by atoms with Crippen LogP contribution < -0.4 is 0 Å². The minimum Gasteiger partial charge on any atom is -0.322 e. The van der Waals surface area contributed by atoms with E-state index >= 15 is 0 Å². The molecule has 3 heterocycles. The maximum Gasteiger partial charge on any atom is 0.244 e. The molecule has 0 atom stereocenters. The molecule has 28 heavy (non-hydrogen) atoms. The summed E-state index contributed by atoms with van der Waals surface area (Å²) in [6.45, 7) is 2.59. The van der Waals surface area contributed by atoms with E-state index in [9.17, 15) is 13.7 Å². The van der Waals surface area contributed by atoms with Gasteiger partial charge in [0.25, 0.3) is 0 Å². The summed E-state index contributed by atoms with van der Waals surface area (Å²) >= 11 is 6.09. The van der Waals surface area contributed by atoms with Crippen LogP contribution >= 0.6 is 11.6 Å². The maximum atomic E-state index is 12.9. The van der Waals surface area contributed by atoms with E-state index in [-0.39, 0.29) is 9.92 Å². The van der Waals surface area contributed by atoms with Crippen molar-refractivity contribution in [2.45, 2.75) is 11.4 Å². The van der Waals surface area contributed by atoms with Crippen molar-refractivity contribution in [1.29, 1.82) is 5.26 Å². The molecule has 0 radical (unpaired) electrons. The van der Waals surface area contributed by atoms with Gasteiger partial charge in [0.15, 0.2) is 0 Å². The number of hydrogen-bond acceptors (Lipinski definition) is 4. The third-order valence-electron chi connectivity index (χ3n) is 5.05. The standard InChI is InChI=1S/C20H19ClN4O2S/c21-18-5-1-2-7-20(18)28(26,27)25-11-9-23(10-12-25)14-16-15-24-8-4-3-6-19(24)17(16)13-22/h1-8,15H,9-12,14H2. The lowest BCUT2D eigenvalue weighted by molar-refractivity contribution is 0.181. The fraction of sp³-hybridized carbons (Fsp3) is 0.250. The molecule has 1 aliphatic heterocycles. The third kappa shape index (κ3) is 3.40. The van der Waals surface area contributed by atoms with Crippen LogP contribution in [0.5, 0.6) is 0 Å². The molecule has 0 N–H and O–H groups in total. The molecular formula is C20H19ClN4O2S. The van der Waals surface area contributed by atoms with Crippen LogP contribution in [0.15, 0.2) is 59.8 Å². The van der Waals surface area contributed by atoms with Crippen LogP contribution in [0.2, 0.25) is 5.02 Å². The van der Waals surface area contributed by atoms with E-state index < -0.39 is 10.0 Å². The Kier molecular flexibility index (Phi) is 5.13. The molecule has 0 unspecified atom stereocenters. The molecule has 0 aliphatic carbocycles. The van der Waals surface area contributed by atoms with Crippen LogP contribution in [0.3, 0.4) is 0 Å². The van der Waals surface area contributed by atoms with Crippen LogP contribution in [0.4, 0.5) is 0 Å². The number of benzene rings is 1. The third-order valence-corrected chi connectivity index (χ3v) is 7.45. The fourth-order valence-corrected chi connectivity index (χ4v) is 5.50. The molecule has 1 fully saturated rings. The molecule has 0 bridgehead atoms. The molecular weight excluding hydrogens is 396 g/mol. The normalized spacial score (nSPS) is 16.3. The van der Waals surface area contributed by atoms with Gasteiger partial charge in [-0.2, -0.15) is 9.57 Å². The first-order valence-corrected chi connectivity index (χ1v) is 10.8. The average molecular weight is 415 g/mol. The van der Waals surface area contributed by atoms with Gasteiger partial charge in [0, 0.05) is 50.7 Å². The predicted molar refractivity (Wildman–Crippen MR) is 108 cm³/mol. The van der Waals surface area contributed by atoms with Crippen LogP contribution in [-0.4, -0.2) is 48.2 Å². The zero-order chi connectivity index (χ0) is 19.7. The van der Waals surface area contributed by atoms with E-state index in [2.05, 4.69) is 11.0 Å². The first kappa shape index (κ1) is 19.0. The molecule has 8 heteroatoms. The first-order chi connectivity index (χ1) is 13.5. The van der Waals surface area contributed by atoms with Crippen LogP contribution in [-0.2, 0) is 16.6 Å². The van der Waals surface area contributed by atoms with Crippen molar-refractivity contribution in [2.24, 2.45) is 0 Å². The quantitative estimate of drug-likeness (QED) is 0.658. The van der Waals surface area contributed by atoms with E-state index in [1.807, 2.05) is 35.0 Å². The lowest BCUT2D eigenvalue weighted by Crippen LogP contribution is -2.48. The summed E-state index contributed by atoms with van der Waals surface area (Å²) in [4.78, 5) is 2.32. The van der Waals surface area contributed by atoms with Gasteiger partial charge in [0.05, 0.1) is 16.1 Å². The molecule has 1 aliphatic rings. The smallest absolute Gasteiger partial charge is 0.244 e. The van der Waals surface area contributed by atoms with Crippen molar-refractivity contribution in [2.75, 3.05) is 26.2 Å². The second kappa shape index (κ2) is 7.57. The van der Waals surface area contributed by atoms with Gasteiger partial charge in [-0.3, -0.25) is 4.90 Å². The predicted octanol–water partition coefficient (Wildman–Crippen LogP) is 2.97. The van der Waals surface area contributed by atoms with Gasteiger partial charge < -0.3 is 4.40 Å². The SMILES string of the molecule is N#Cc1c(CN2CCN(S(=O)(=O)c3ccccc3Cl)CC2)cn2ccccc12. The highest BCUT2D eigenvalue weighted by molar-refractivity contribution is 7.89. The van der Waals surface area contributed by atoms with Crippen molar-refractivity contribution in [1.82, 2.24) is 13.6 Å². The van der Waals surface area contributed by atoms with Gasteiger partial charge in [-0.25, -0.2) is 8.42 Å². The summed E-state index contributed by atoms with van der Waals surface area (Å²) in [5, 5.41) is 9.79. The van der Waals surface area contributed by atoms with Gasteiger partial charge in [0.1, 0.15) is 11.0 Å². The molecule has 144 valence electrons. The molecule has 0 amide bonds. The van der Waals surface area contributed by atoms with Crippen LogP contribution in [0.1, 0.15) is 11.1 Å². The summed E-state index contributed by atoms with van der Waals surface area (Å²) in [5.41, 5.74) is 2.52. The number of nitrogens with zero attached hydrogens (tertiary/aromatic N) is 4. The summed E-state index contributed by atoms with van der Waals surface area (Å²) in [6, 6.07) is 14.6. The molecule has 2 aromatic heterocycles. The van der Waals surface area contributed by atoms with Gasteiger partial charge in [-0.05, 0) is 24.3 Å². The van der Waals surface area contributed by atoms with Crippen molar-refractivity contribution in [3.8, 4) is 6.07 Å². The molecule has 0 saturated carbocycles. The summed E-state index contributed by atoms with van der Waals surface area (Å²) < 4.78 is 29.2. The second-order valence-corrected chi connectivity index (χ2v) is 9.06. The topological polar surface area (TPSA) is 68.8 Å². The van der Waals surface area contributed by atoms with E-state index in [0.717, 1.165) is 11.1 Å². The maximum absolute atomic E-state index is 12.9. The van der Waals surface area contributed by atoms with Gasteiger partial charge in [-0.15, -0.1) is 0 Å². The Morgan fingerprint density at radius 3 is 2.46 bits per heavy atom. The minimum absolute atomic E-state index is 0.149. The van der Waals surface area contributed by atoms with Gasteiger partial charge in [0.2, 0.25) is 10.0 Å². The molecule has 1 aromatic carbocycles. The highest BCUT2D eigenvalue weighted by atomic mass is 35.5. The number of fused-ring (bicyclic) bond motifs is 1.